The fourth-order valence-corrected chi connectivity index (χ4v) is 7.40. The van der Waals surface area contributed by atoms with Crippen LogP contribution in [0.5, 0.6) is 0 Å². The Morgan fingerprint density at radius 1 is 0.304 bits per heavy atom. The fourth-order valence-electron chi connectivity index (χ4n) is 7.40. The summed E-state index contributed by atoms with van der Waals surface area (Å²) < 4.78 is 4.82. The van der Waals surface area contributed by atoms with Gasteiger partial charge in [-0.2, -0.15) is 0 Å². The maximum atomic E-state index is 2.41. The number of rotatable bonds is 4. The third kappa shape index (κ3) is 4.18. The molecule has 0 N–H and O–H groups in total. The van der Waals surface area contributed by atoms with Crippen LogP contribution in [0.15, 0.2) is 158 Å². The van der Waals surface area contributed by atoms with Crippen molar-refractivity contribution in [2.75, 3.05) is 0 Å². The van der Waals surface area contributed by atoms with E-state index < -0.39 is 0 Å². The number of nitrogens with zero attached hydrogens (tertiary/aromatic N) is 2. The molecule has 0 saturated heterocycles. The lowest BCUT2D eigenvalue weighted by Gasteiger charge is -2.11. The zero-order chi connectivity index (χ0) is 30.8. The smallest absolute Gasteiger partial charge is 0.0541 e. The summed E-state index contributed by atoms with van der Waals surface area (Å²) in [6.07, 6.45) is 0. The van der Waals surface area contributed by atoms with Crippen LogP contribution in [-0.4, -0.2) is 9.13 Å². The van der Waals surface area contributed by atoms with E-state index in [9.17, 15) is 0 Å². The van der Waals surface area contributed by atoms with Crippen molar-refractivity contribution in [2.24, 2.45) is 0 Å². The molecule has 2 heterocycles. The van der Waals surface area contributed by atoms with E-state index in [0.717, 1.165) is 0 Å². The number of hydrogen-bond donors (Lipinski definition) is 0. The van der Waals surface area contributed by atoms with E-state index in [4.69, 9.17) is 0 Å². The van der Waals surface area contributed by atoms with Crippen LogP contribution >= 0.6 is 0 Å². The lowest BCUT2D eigenvalue weighted by Crippen LogP contribution is -1.95. The molecule has 0 aliphatic carbocycles. The van der Waals surface area contributed by atoms with Crippen molar-refractivity contribution < 1.29 is 0 Å². The van der Waals surface area contributed by atoms with Crippen molar-refractivity contribution in [2.45, 2.75) is 13.8 Å². The molecule has 0 spiro atoms. The SMILES string of the molecule is Cc1cc(C)cc(-n2c3ccccc3c3cc(-c4ccc5c(c4)c4ccccc4n5-c4cccc(-c5ccccc5)c4)ccc32)c1. The van der Waals surface area contributed by atoms with Crippen molar-refractivity contribution in [3.63, 3.8) is 0 Å². The maximum absolute atomic E-state index is 2.41. The largest absolute Gasteiger partial charge is 0.309 e. The Balaban J connectivity index is 1.22. The Bertz CT molecular complexity index is 2580. The van der Waals surface area contributed by atoms with E-state index >= 15 is 0 Å². The number of aromatic nitrogens is 2. The first-order valence-electron chi connectivity index (χ1n) is 15.9. The van der Waals surface area contributed by atoms with Gasteiger partial charge < -0.3 is 9.13 Å². The van der Waals surface area contributed by atoms with Gasteiger partial charge in [-0.25, -0.2) is 0 Å². The Labute approximate surface area is 268 Å². The van der Waals surface area contributed by atoms with E-state index in [1.165, 1.54) is 88.4 Å². The van der Waals surface area contributed by atoms with Crippen molar-refractivity contribution in [1.82, 2.24) is 9.13 Å². The Kier molecular flexibility index (Phi) is 5.97. The van der Waals surface area contributed by atoms with Gasteiger partial charge in [0.25, 0.3) is 0 Å². The van der Waals surface area contributed by atoms with Crippen LogP contribution in [0.3, 0.4) is 0 Å². The summed E-state index contributed by atoms with van der Waals surface area (Å²) in [5.74, 6) is 0. The van der Waals surface area contributed by atoms with Crippen LogP contribution in [0.1, 0.15) is 11.1 Å². The topological polar surface area (TPSA) is 9.86 Å². The first kappa shape index (κ1) is 26.5. The summed E-state index contributed by atoms with van der Waals surface area (Å²) in [6.45, 7) is 4.35. The Hall–Kier alpha value is -5.86. The van der Waals surface area contributed by atoms with Crippen molar-refractivity contribution in [3.05, 3.63) is 169 Å². The zero-order valence-corrected chi connectivity index (χ0v) is 25.9. The van der Waals surface area contributed by atoms with Gasteiger partial charge in [-0.3, -0.25) is 0 Å². The second-order valence-corrected chi connectivity index (χ2v) is 12.4. The fraction of sp³-hybridized carbons (Fsp3) is 0.0455. The van der Waals surface area contributed by atoms with Gasteiger partial charge in [0.15, 0.2) is 0 Å². The van der Waals surface area contributed by atoms with Gasteiger partial charge in [-0.1, -0.05) is 97.1 Å². The molecule has 0 unspecified atom stereocenters. The van der Waals surface area contributed by atoms with Crippen molar-refractivity contribution in [1.29, 1.82) is 0 Å². The van der Waals surface area contributed by atoms with Crippen LogP contribution in [0, 0.1) is 13.8 Å². The summed E-state index contributed by atoms with van der Waals surface area (Å²) in [4.78, 5) is 0. The minimum Gasteiger partial charge on any atom is -0.309 e. The Morgan fingerprint density at radius 3 is 1.39 bits per heavy atom. The summed E-state index contributed by atoms with van der Waals surface area (Å²) >= 11 is 0. The molecular formula is C44H32N2. The lowest BCUT2D eigenvalue weighted by molar-refractivity contribution is 1.16. The van der Waals surface area contributed by atoms with E-state index in [1.807, 2.05) is 0 Å². The quantitative estimate of drug-likeness (QED) is 0.194. The van der Waals surface area contributed by atoms with Crippen LogP contribution < -0.4 is 0 Å². The van der Waals surface area contributed by atoms with Gasteiger partial charge >= 0.3 is 0 Å². The number of aryl methyl sites for hydroxylation is 2. The highest BCUT2D eigenvalue weighted by atomic mass is 15.0. The summed E-state index contributed by atoms with van der Waals surface area (Å²) in [7, 11) is 0. The Morgan fingerprint density at radius 2 is 0.783 bits per heavy atom. The normalized spacial score (nSPS) is 11.7. The number of para-hydroxylation sites is 2. The monoisotopic (exact) mass is 588 g/mol. The molecule has 9 aromatic rings. The molecule has 0 atom stereocenters. The molecule has 0 fully saturated rings. The summed E-state index contributed by atoms with van der Waals surface area (Å²) in [5, 5.41) is 5.06. The zero-order valence-electron chi connectivity index (χ0n) is 25.9. The molecule has 0 radical (unpaired) electrons. The van der Waals surface area contributed by atoms with E-state index in [2.05, 4.69) is 181 Å². The van der Waals surface area contributed by atoms with Gasteiger partial charge in [0.2, 0.25) is 0 Å². The molecule has 2 nitrogen and oxygen atoms in total. The highest BCUT2D eigenvalue weighted by molar-refractivity contribution is 6.12. The van der Waals surface area contributed by atoms with Gasteiger partial charge in [-0.05, 0) is 108 Å². The van der Waals surface area contributed by atoms with Crippen LogP contribution in [-0.2, 0) is 0 Å². The molecule has 2 aromatic heterocycles. The molecule has 9 rings (SSSR count). The molecule has 2 heteroatoms. The molecular weight excluding hydrogens is 556 g/mol. The first-order chi connectivity index (χ1) is 22.6. The standard InChI is InChI=1S/C44H32N2/c1-29-23-30(2)25-36(24-29)46-42-18-9-7-16-38(42)40-28-34(20-22-44(40)46)33-19-21-43-39(27-33)37-15-6-8-17-41(37)45(43)35-14-10-13-32(26-35)31-11-4-3-5-12-31/h3-28H,1-2H3. The molecule has 218 valence electrons. The number of fused-ring (bicyclic) bond motifs is 6. The highest BCUT2D eigenvalue weighted by Gasteiger charge is 2.16. The highest BCUT2D eigenvalue weighted by Crippen LogP contribution is 2.38. The molecule has 7 aromatic carbocycles. The van der Waals surface area contributed by atoms with Crippen LogP contribution in [0.25, 0.3) is 77.2 Å². The lowest BCUT2D eigenvalue weighted by atomic mass is 10.0. The molecule has 0 aliphatic heterocycles. The van der Waals surface area contributed by atoms with Gasteiger partial charge in [0.05, 0.1) is 22.1 Å². The minimum absolute atomic E-state index is 1.17. The van der Waals surface area contributed by atoms with Gasteiger partial charge in [0, 0.05) is 32.9 Å². The van der Waals surface area contributed by atoms with Crippen molar-refractivity contribution >= 4 is 43.6 Å². The van der Waals surface area contributed by atoms with E-state index in [-0.39, 0.29) is 0 Å². The molecule has 46 heavy (non-hydrogen) atoms. The maximum Gasteiger partial charge on any atom is 0.0541 e. The van der Waals surface area contributed by atoms with Gasteiger partial charge in [-0.15, -0.1) is 0 Å². The number of hydrogen-bond acceptors (Lipinski definition) is 0. The first-order valence-corrected chi connectivity index (χ1v) is 15.9. The third-order valence-electron chi connectivity index (χ3n) is 9.35. The predicted octanol–water partition coefficient (Wildman–Crippen LogP) is 11.8. The molecule has 0 saturated carbocycles. The average Bonchev–Trinajstić information content (AvgIpc) is 3.60. The summed E-state index contributed by atoms with van der Waals surface area (Å²) in [5.41, 5.74) is 14.7. The average molecular weight is 589 g/mol. The molecule has 0 aliphatic rings. The molecule has 0 amide bonds. The van der Waals surface area contributed by atoms with Crippen molar-refractivity contribution in [3.8, 4) is 33.6 Å². The van der Waals surface area contributed by atoms with E-state index in [0.29, 0.717) is 0 Å². The third-order valence-corrected chi connectivity index (χ3v) is 9.35. The summed E-state index contributed by atoms with van der Waals surface area (Å²) in [6, 6.07) is 57.7. The minimum atomic E-state index is 1.17. The second kappa shape index (κ2) is 10.4. The van der Waals surface area contributed by atoms with Gasteiger partial charge in [0.1, 0.15) is 0 Å². The number of benzene rings is 7. The van der Waals surface area contributed by atoms with Crippen LogP contribution in [0.4, 0.5) is 0 Å². The second-order valence-electron chi connectivity index (χ2n) is 12.4. The predicted molar refractivity (Wildman–Crippen MR) is 195 cm³/mol. The van der Waals surface area contributed by atoms with Crippen LogP contribution in [0.2, 0.25) is 0 Å². The molecule has 0 bridgehead atoms. The van der Waals surface area contributed by atoms with E-state index in [1.54, 1.807) is 0 Å².